The highest BCUT2D eigenvalue weighted by atomic mass is 35.5. The molecule has 1 spiro atoms. The average molecular weight is 467 g/mol. The van der Waals surface area contributed by atoms with E-state index in [-0.39, 0.29) is 17.7 Å². The number of hydrogen-bond donors (Lipinski definition) is 0. The van der Waals surface area contributed by atoms with Gasteiger partial charge in [0.2, 0.25) is 11.8 Å². The fourth-order valence-corrected chi connectivity index (χ4v) is 5.77. The summed E-state index contributed by atoms with van der Waals surface area (Å²) in [7, 11) is 1.67. The van der Waals surface area contributed by atoms with Gasteiger partial charge in [-0.25, -0.2) is 0 Å². The maximum absolute atomic E-state index is 13.7. The van der Waals surface area contributed by atoms with Crippen molar-refractivity contribution in [3.63, 3.8) is 0 Å². The van der Waals surface area contributed by atoms with Gasteiger partial charge in [-0.1, -0.05) is 48.0 Å². The Balaban J connectivity index is 1.28. The fourth-order valence-electron chi connectivity index (χ4n) is 5.65. The molecule has 174 valence electrons. The van der Waals surface area contributed by atoms with Crippen molar-refractivity contribution in [1.29, 1.82) is 0 Å². The molecule has 3 aliphatic rings. The molecule has 2 aromatic carbocycles. The number of carbonyl (C=O) groups is 2. The van der Waals surface area contributed by atoms with Crippen LogP contribution in [0.25, 0.3) is 0 Å². The van der Waals surface area contributed by atoms with Gasteiger partial charge in [-0.2, -0.15) is 0 Å². The molecule has 1 saturated heterocycles. The Morgan fingerprint density at radius 3 is 2.48 bits per heavy atom. The van der Waals surface area contributed by atoms with Crippen LogP contribution in [0.2, 0.25) is 5.02 Å². The number of rotatable bonds is 5. The summed E-state index contributed by atoms with van der Waals surface area (Å²) in [4.78, 5) is 30.9. The molecule has 5 nitrogen and oxygen atoms in total. The quantitative estimate of drug-likeness (QED) is 0.660. The number of likely N-dealkylation sites (tertiary alicyclic amines) is 1. The van der Waals surface area contributed by atoms with Crippen LogP contribution in [0.5, 0.6) is 0 Å². The van der Waals surface area contributed by atoms with E-state index in [9.17, 15) is 9.59 Å². The first-order chi connectivity index (χ1) is 16.0. The number of ether oxygens (including phenoxy) is 1. The molecule has 2 atom stereocenters. The first-order valence-corrected chi connectivity index (χ1v) is 12.3. The van der Waals surface area contributed by atoms with E-state index < -0.39 is 5.41 Å². The molecule has 6 heteroatoms. The van der Waals surface area contributed by atoms with Crippen LogP contribution in [-0.2, 0) is 27.3 Å². The molecule has 5 rings (SSSR count). The SMILES string of the molecule is COCCN1Cc2ccccc2CC2(CCN(C(=O)[C@H]3C[C@H]3c3ccc(Cl)cc3)CC2)C1=O. The van der Waals surface area contributed by atoms with Crippen molar-refractivity contribution in [3.8, 4) is 0 Å². The van der Waals surface area contributed by atoms with E-state index in [1.807, 2.05) is 40.1 Å². The minimum atomic E-state index is -0.434. The van der Waals surface area contributed by atoms with Gasteiger partial charge in [0, 0.05) is 44.2 Å². The predicted molar refractivity (Wildman–Crippen MR) is 128 cm³/mol. The van der Waals surface area contributed by atoms with E-state index in [4.69, 9.17) is 16.3 Å². The van der Waals surface area contributed by atoms with Crippen LogP contribution < -0.4 is 0 Å². The summed E-state index contributed by atoms with van der Waals surface area (Å²) >= 11 is 6.01. The molecule has 1 aliphatic carbocycles. The van der Waals surface area contributed by atoms with Gasteiger partial charge >= 0.3 is 0 Å². The Morgan fingerprint density at radius 2 is 1.79 bits per heavy atom. The highest BCUT2D eigenvalue weighted by molar-refractivity contribution is 6.30. The van der Waals surface area contributed by atoms with Crippen LogP contribution in [0.4, 0.5) is 0 Å². The zero-order valence-electron chi connectivity index (χ0n) is 19.1. The maximum Gasteiger partial charge on any atom is 0.229 e. The highest BCUT2D eigenvalue weighted by Gasteiger charge is 2.50. The molecule has 33 heavy (non-hydrogen) atoms. The second-order valence-electron chi connectivity index (χ2n) is 9.77. The van der Waals surface area contributed by atoms with E-state index in [1.54, 1.807) is 7.11 Å². The summed E-state index contributed by atoms with van der Waals surface area (Å²) < 4.78 is 5.28. The van der Waals surface area contributed by atoms with Gasteiger partial charge in [0.1, 0.15) is 0 Å². The second kappa shape index (κ2) is 9.11. The molecule has 2 heterocycles. The van der Waals surface area contributed by atoms with Crippen LogP contribution in [0.15, 0.2) is 48.5 Å². The summed E-state index contributed by atoms with van der Waals surface area (Å²) in [5.41, 5.74) is 3.24. The van der Waals surface area contributed by atoms with Crippen molar-refractivity contribution in [2.24, 2.45) is 11.3 Å². The largest absolute Gasteiger partial charge is 0.383 e. The number of nitrogens with zero attached hydrogens (tertiary/aromatic N) is 2. The Hall–Kier alpha value is -2.37. The van der Waals surface area contributed by atoms with E-state index in [0.717, 1.165) is 17.9 Å². The number of amides is 2. The second-order valence-corrected chi connectivity index (χ2v) is 10.2. The molecule has 2 fully saturated rings. The van der Waals surface area contributed by atoms with Gasteiger partial charge in [0.15, 0.2) is 0 Å². The molecule has 2 amide bonds. The van der Waals surface area contributed by atoms with Gasteiger partial charge < -0.3 is 14.5 Å². The van der Waals surface area contributed by atoms with Crippen LogP contribution >= 0.6 is 11.6 Å². The number of halogens is 1. The van der Waals surface area contributed by atoms with Crippen LogP contribution in [0.1, 0.15) is 41.9 Å². The number of fused-ring (bicyclic) bond motifs is 1. The molecule has 0 radical (unpaired) electrons. The Labute approximate surface area is 200 Å². The topological polar surface area (TPSA) is 49.9 Å². The Kier molecular flexibility index (Phi) is 6.19. The third kappa shape index (κ3) is 4.41. The van der Waals surface area contributed by atoms with Crippen molar-refractivity contribution in [3.05, 3.63) is 70.2 Å². The lowest BCUT2D eigenvalue weighted by Gasteiger charge is -2.42. The van der Waals surface area contributed by atoms with Crippen molar-refractivity contribution in [2.45, 2.75) is 38.1 Å². The van der Waals surface area contributed by atoms with E-state index >= 15 is 0 Å². The molecule has 0 N–H and O–H groups in total. The Bertz CT molecular complexity index is 1030. The third-order valence-electron chi connectivity index (χ3n) is 7.75. The van der Waals surface area contributed by atoms with E-state index in [0.29, 0.717) is 51.5 Å². The fraction of sp³-hybridized carbons (Fsp3) is 0.481. The van der Waals surface area contributed by atoms with Gasteiger partial charge in [-0.3, -0.25) is 9.59 Å². The molecule has 0 aromatic heterocycles. The van der Waals surface area contributed by atoms with Gasteiger partial charge in [0.05, 0.1) is 12.0 Å². The monoisotopic (exact) mass is 466 g/mol. The lowest BCUT2D eigenvalue weighted by Crippen LogP contribution is -2.52. The number of hydrogen-bond acceptors (Lipinski definition) is 3. The van der Waals surface area contributed by atoms with Crippen molar-refractivity contribution < 1.29 is 14.3 Å². The summed E-state index contributed by atoms with van der Waals surface area (Å²) in [6, 6.07) is 16.2. The molecule has 1 saturated carbocycles. The minimum absolute atomic E-state index is 0.0592. The molecule has 0 bridgehead atoms. The highest BCUT2D eigenvalue weighted by Crippen LogP contribution is 2.49. The smallest absolute Gasteiger partial charge is 0.229 e. The summed E-state index contributed by atoms with van der Waals surface area (Å²) in [6.07, 6.45) is 3.09. The van der Waals surface area contributed by atoms with Crippen LogP contribution in [-0.4, -0.2) is 55.0 Å². The predicted octanol–water partition coefficient (Wildman–Crippen LogP) is 4.28. The van der Waals surface area contributed by atoms with Crippen LogP contribution in [0, 0.1) is 11.3 Å². The molecule has 2 aliphatic heterocycles. The lowest BCUT2D eigenvalue weighted by atomic mass is 9.72. The molecule has 2 aromatic rings. The van der Waals surface area contributed by atoms with E-state index in [1.165, 1.54) is 16.7 Å². The van der Waals surface area contributed by atoms with Gasteiger partial charge in [-0.05, 0) is 60.4 Å². The molecular formula is C27H31ClN2O3. The summed E-state index contributed by atoms with van der Waals surface area (Å²) in [6.45, 7) is 3.05. The first-order valence-electron chi connectivity index (χ1n) is 11.9. The zero-order chi connectivity index (χ0) is 23.0. The van der Waals surface area contributed by atoms with Gasteiger partial charge in [0.25, 0.3) is 0 Å². The number of benzene rings is 2. The number of carbonyl (C=O) groups excluding carboxylic acids is 2. The van der Waals surface area contributed by atoms with E-state index in [2.05, 4.69) is 18.2 Å². The maximum atomic E-state index is 13.7. The lowest BCUT2D eigenvalue weighted by molar-refractivity contribution is -0.149. The van der Waals surface area contributed by atoms with Crippen LogP contribution in [0.3, 0.4) is 0 Å². The third-order valence-corrected chi connectivity index (χ3v) is 8.00. The Morgan fingerprint density at radius 1 is 1.09 bits per heavy atom. The van der Waals surface area contributed by atoms with Gasteiger partial charge in [-0.15, -0.1) is 0 Å². The molecule has 0 unspecified atom stereocenters. The minimum Gasteiger partial charge on any atom is -0.383 e. The number of methoxy groups -OCH3 is 1. The first kappa shape index (κ1) is 22.4. The summed E-state index contributed by atoms with van der Waals surface area (Å²) in [5.74, 6) is 0.807. The molecular weight excluding hydrogens is 436 g/mol. The average Bonchev–Trinajstić information content (AvgIpc) is 3.64. The van der Waals surface area contributed by atoms with Crippen molar-refractivity contribution in [2.75, 3.05) is 33.4 Å². The van der Waals surface area contributed by atoms with Crippen molar-refractivity contribution in [1.82, 2.24) is 9.80 Å². The normalized spacial score (nSPS) is 23.9. The summed E-state index contributed by atoms with van der Waals surface area (Å²) in [5, 5.41) is 0.720. The standard InChI is InChI=1S/C27H31ClN2O3/c1-33-15-14-30-18-21-5-3-2-4-20(21)17-27(26(30)32)10-12-29(13-11-27)25(31)24-16-23(24)19-6-8-22(28)9-7-19/h2-9,23-24H,10-18H2,1H3/t23-,24-/m0/s1. The zero-order valence-corrected chi connectivity index (χ0v) is 19.9. The van der Waals surface area contributed by atoms with Crippen molar-refractivity contribution >= 4 is 23.4 Å². The number of piperidine rings is 1.